The van der Waals surface area contributed by atoms with Crippen molar-refractivity contribution >= 4 is 5.97 Å². The van der Waals surface area contributed by atoms with E-state index in [2.05, 4.69) is 50.7 Å². The molecule has 4 nitrogen and oxygen atoms in total. The normalized spacial score (nSPS) is 37.9. The molecule has 0 aliphatic heterocycles. The maximum absolute atomic E-state index is 12.5. The van der Waals surface area contributed by atoms with E-state index in [0.717, 1.165) is 54.0 Å². The highest BCUT2D eigenvalue weighted by molar-refractivity contribution is 5.69. The summed E-state index contributed by atoms with van der Waals surface area (Å²) < 4.78 is 5.98. The van der Waals surface area contributed by atoms with Crippen molar-refractivity contribution in [3.63, 3.8) is 0 Å². The summed E-state index contributed by atoms with van der Waals surface area (Å²) in [4.78, 5) is 19.7. The van der Waals surface area contributed by atoms with Crippen molar-refractivity contribution in [3.8, 4) is 0 Å². The molecule has 0 saturated heterocycles. The second kappa shape index (κ2) is 10.9. The van der Waals surface area contributed by atoms with Crippen LogP contribution in [0, 0.1) is 46.3 Å². The van der Waals surface area contributed by atoms with Crippen LogP contribution in [0.25, 0.3) is 0 Å². The van der Waals surface area contributed by atoms with Crippen LogP contribution < -0.4 is 0 Å². The number of carbonyl (C=O) groups excluding carboxylic acids is 1. The molecule has 37 heavy (non-hydrogen) atoms. The fourth-order valence-corrected chi connectivity index (χ4v) is 9.66. The predicted octanol–water partition coefficient (Wildman–Crippen LogP) is 8.54. The molecule has 3 fully saturated rings. The molecule has 208 valence electrons. The topological polar surface area (TPSA) is 55.0 Å². The number of hydrogen-bond acceptors (Lipinski definition) is 3. The summed E-state index contributed by atoms with van der Waals surface area (Å²) in [5.41, 5.74) is 3.45. The lowest BCUT2D eigenvalue weighted by Gasteiger charge is -2.58. The Balaban J connectivity index is 0.00000336. The first-order chi connectivity index (χ1) is 17.7. The van der Waals surface area contributed by atoms with Gasteiger partial charge in [-0.05, 0) is 97.7 Å². The Hall–Kier alpha value is -1.58. The van der Waals surface area contributed by atoms with E-state index >= 15 is 0 Å². The molecule has 8 unspecified atom stereocenters. The van der Waals surface area contributed by atoms with Crippen LogP contribution in [-0.2, 0) is 16.0 Å². The molecule has 4 aliphatic carbocycles. The number of aryl methyl sites for hydroxylation is 1. The smallest absolute Gasteiger partial charge is 0.306 e. The zero-order valence-corrected chi connectivity index (χ0v) is 24.2. The molecule has 1 aromatic rings. The first-order valence-electron chi connectivity index (χ1n) is 15.6. The molecule has 4 heteroatoms. The number of esters is 1. The number of rotatable bonds is 9. The lowest BCUT2D eigenvalue weighted by atomic mass is 9.47. The molecule has 0 bridgehead atoms. The van der Waals surface area contributed by atoms with Crippen LogP contribution in [0.3, 0.4) is 0 Å². The Morgan fingerprint density at radius 2 is 1.97 bits per heavy atom. The number of hydrogen-bond donors (Lipinski definition) is 1. The lowest BCUT2D eigenvalue weighted by Crippen LogP contribution is -2.51. The molecule has 5 rings (SSSR count). The van der Waals surface area contributed by atoms with Gasteiger partial charge in [0.1, 0.15) is 6.10 Å². The van der Waals surface area contributed by atoms with Crippen molar-refractivity contribution in [2.45, 2.75) is 124 Å². The minimum Gasteiger partial charge on any atom is -0.462 e. The van der Waals surface area contributed by atoms with Gasteiger partial charge in [-0.2, -0.15) is 0 Å². The van der Waals surface area contributed by atoms with Gasteiger partial charge in [0.2, 0.25) is 0 Å². The van der Waals surface area contributed by atoms with Gasteiger partial charge in [0.15, 0.2) is 0 Å². The maximum Gasteiger partial charge on any atom is 0.306 e. The number of nitrogens with zero attached hydrogens (tertiary/aromatic N) is 1. The van der Waals surface area contributed by atoms with Crippen LogP contribution in [0.15, 0.2) is 24.2 Å². The van der Waals surface area contributed by atoms with Gasteiger partial charge >= 0.3 is 5.97 Å². The summed E-state index contributed by atoms with van der Waals surface area (Å²) in [5, 5.41) is 0. The van der Waals surface area contributed by atoms with Gasteiger partial charge in [0.25, 0.3) is 0 Å². The quantitative estimate of drug-likeness (QED) is 0.267. The molecule has 8 atom stereocenters. The Bertz CT molecular complexity index is 958. The average molecular weight is 511 g/mol. The zero-order chi connectivity index (χ0) is 26.2. The highest BCUT2D eigenvalue weighted by atomic mass is 16.5. The number of nitrogens with one attached hydrogen (secondary N) is 1. The van der Waals surface area contributed by atoms with Crippen LogP contribution >= 0.6 is 0 Å². The van der Waals surface area contributed by atoms with Crippen molar-refractivity contribution in [1.82, 2.24) is 9.97 Å². The molecule has 4 aliphatic rings. The number of fused-ring (bicyclic) bond motifs is 5. The number of aromatic nitrogens is 2. The summed E-state index contributed by atoms with van der Waals surface area (Å²) in [6.45, 7) is 12.6. The minimum atomic E-state index is -0.0644. The van der Waals surface area contributed by atoms with E-state index in [-0.39, 0.29) is 13.5 Å². The summed E-state index contributed by atoms with van der Waals surface area (Å²) in [6, 6.07) is 0. The average Bonchev–Trinajstić information content (AvgIpc) is 3.50. The van der Waals surface area contributed by atoms with Gasteiger partial charge in [-0.15, -0.1) is 0 Å². The van der Waals surface area contributed by atoms with Crippen molar-refractivity contribution in [1.29, 1.82) is 0 Å². The number of aromatic amines is 1. The molecular weight excluding hydrogens is 456 g/mol. The second-order valence-corrected chi connectivity index (χ2v) is 14.2. The van der Waals surface area contributed by atoms with Gasteiger partial charge in [0.05, 0.1) is 12.7 Å². The molecule has 0 amide bonds. The van der Waals surface area contributed by atoms with Gasteiger partial charge < -0.3 is 9.72 Å². The number of imidazole rings is 1. The van der Waals surface area contributed by atoms with Gasteiger partial charge in [-0.25, -0.2) is 4.98 Å². The Labute approximate surface area is 227 Å². The number of allylic oxidation sites excluding steroid dienone is 1. The van der Waals surface area contributed by atoms with Crippen LogP contribution in [0.5, 0.6) is 0 Å². The van der Waals surface area contributed by atoms with Crippen LogP contribution in [0.1, 0.15) is 119 Å². The van der Waals surface area contributed by atoms with E-state index in [1.807, 2.05) is 0 Å². The third-order valence-electron chi connectivity index (χ3n) is 11.7. The van der Waals surface area contributed by atoms with Crippen molar-refractivity contribution in [2.24, 2.45) is 46.3 Å². The second-order valence-electron chi connectivity index (χ2n) is 14.2. The largest absolute Gasteiger partial charge is 0.462 e. The summed E-state index contributed by atoms with van der Waals surface area (Å²) >= 11 is 0. The van der Waals surface area contributed by atoms with Crippen LogP contribution in [0.4, 0.5) is 0 Å². The van der Waals surface area contributed by atoms with Crippen molar-refractivity contribution < 1.29 is 11.0 Å². The third kappa shape index (κ3) is 5.33. The van der Waals surface area contributed by atoms with E-state index in [0.29, 0.717) is 23.7 Å². The van der Waals surface area contributed by atoms with Crippen molar-refractivity contribution in [2.75, 3.05) is 0 Å². The van der Waals surface area contributed by atoms with E-state index in [9.17, 15) is 4.79 Å². The molecule has 1 aromatic heterocycles. The Morgan fingerprint density at radius 3 is 2.73 bits per heavy atom. The van der Waals surface area contributed by atoms with E-state index < -0.39 is 0 Å². The fourth-order valence-electron chi connectivity index (χ4n) is 9.66. The Morgan fingerprint density at radius 1 is 1.14 bits per heavy atom. The molecule has 0 spiro atoms. The summed E-state index contributed by atoms with van der Waals surface area (Å²) in [7, 11) is 0. The predicted molar refractivity (Wildman–Crippen MR) is 152 cm³/mol. The Kier molecular flexibility index (Phi) is 7.95. The molecule has 0 radical (unpaired) electrons. The van der Waals surface area contributed by atoms with Gasteiger partial charge in [0, 0.05) is 19.7 Å². The van der Waals surface area contributed by atoms with Crippen molar-refractivity contribution in [3.05, 3.63) is 29.9 Å². The third-order valence-corrected chi connectivity index (χ3v) is 11.7. The minimum absolute atomic E-state index is 0. The molecule has 3 saturated carbocycles. The number of H-pyrrole nitrogens is 1. The summed E-state index contributed by atoms with van der Waals surface area (Å²) in [6.07, 6.45) is 21.6. The first kappa shape index (κ1) is 27.0. The molecule has 1 N–H and O–H groups in total. The maximum atomic E-state index is 12.5. The highest BCUT2D eigenvalue weighted by Crippen LogP contribution is 2.67. The standard InChI is InChI=1S/C33H52N2O2.H2/c1-22(2)7-6-8-23(3)28-12-13-29-27-11-9-24-19-26(37-31(36)14-10-25-20-34-21-35-25)15-17-32(24,4)30(27)16-18-33(28,29)5;/h9,20-23,26-30H,6-8,10-19H2,1-5H3,(H,34,35);1H. The van der Waals surface area contributed by atoms with E-state index in [4.69, 9.17) is 4.74 Å². The van der Waals surface area contributed by atoms with Crippen LogP contribution in [0.2, 0.25) is 0 Å². The van der Waals surface area contributed by atoms with E-state index in [1.165, 1.54) is 57.8 Å². The van der Waals surface area contributed by atoms with E-state index in [1.54, 1.807) is 18.1 Å². The summed E-state index contributed by atoms with van der Waals surface area (Å²) in [5.74, 6) is 5.13. The molecule has 1 heterocycles. The molecule has 0 aromatic carbocycles. The molecular formula is C33H54N2O2. The monoisotopic (exact) mass is 510 g/mol. The van der Waals surface area contributed by atoms with Gasteiger partial charge in [-0.3, -0.25) is 4.79 Å². The highest BCUT2D eigenvalue weighted by Gasteiger charge is 2.59. The lowest BCUT2D eigenvalue weighted by molar-refractivity contribution is -0.151. The van der Waals surface area contributed by atoms with Gasteiger partial charge in [-0.1, -0.05) is 65.5 Å². The number of ether oxygens (including phenoxy) is 1. The SMILES string of the molecule is CC(C)CCCC(C)C1CCC2C3CC=C4CC(OC(=O)CCc5cnc[nH]5)CCC4(C)C3CCC12C.[HH]. The number of carbonyl (C=O) groups is 1. The fraction of sp³-hybridized carbons (Fsp3) is 0.818. The van der Waals surface area contributed by atoms with Crippen LogP contribution in [-0.4, -0.2) is 22.0 Å². The first-order valence-corrected chi connectivity index (χ1v) is 15.6. The zero-order valence-electron chi connectivity index (χ0n) is 24.2.